The Morgan fingerprint density at radius 3 is 2.64 bits per heavy atom. The van der Waals surface area contributed by atoms with E-state index in [1.165, 1.54) is 5.56 Å². The number of para-hydroxylation sites is 1. The molecule has 1 atom stereocenters. The third-order valence-corrected chi connectivity index (χ3v) is 5.01. The normalized spacial score (nSPS) is 17.3. The predicted octanol–water partition coefficient (Wildman–Crippen LogP) is 3.04. The molecule has 5 heteroatoms. The molecule has 0 aliphatic carbocycles. The quantitative estimate of drug-likeness (QED) is 0.696. The Hall–Kier alpha value is -2.66. The van der Waals surface area contributed by atoms with Gasteiger partial charge in [-0.1, -0.05) is 48.5 Å². The predicted molar refractivity (Wildman–Crippen MR) is 103 cm³/mol. The molecule has 1 aliphatic rings. The zero-order valence-corrected chi connectivity index (χ0v) is 14.6. The maximum absolute atomic E-state index is 12.8. The number of aromatic nitrogens is 1. The molecule has 2 N–H and O–H groups in total. The number of thiocarbonyl (C=S) groups is 1. The molecule has 0 radical (unpaired) electrons. The van der Waals surface area contributed by atoms with E-state index >= 15 is 0 Å². The minimum absolute atomic E-state index is 0.0613. The van der Waals surface area contributed by atoms with Crippen LogP contribution in [-0.4, -0.2) is 33.5 Å². The molecular formula is C20H19N3OS. The molecular weight excluding hydrogens is 330 g/mol. The van der Waals surface area contributed by atoms with Gasteiger partial charge in [-0.15, -0.1) is 0 Å². The van der Waals surface area contributed by atoms with E-state index in [1.807, 2.05) is 42.6 Å². The summed E-state index contributed by atoms with van der Waals surface area (Å²) >= 11 is 5.39. The van der Waals surface area contributed by atoms with Gasteiger partial charge < -0.3 is 10.3 Å². The molecule has 4 rings (SSSR count). The highest BCUT2D eigenvalue weighted by Gasteiger charge is 2.35. The lowest BCUT2D eigenvalue weighted by atomic mass is 10.0. The van der Waals surface area contributed by atoms with Gasteiger partial charge in [-0.3, -0.25) is 9.69 Å². The van der Waals surface area contributed by atoms with Gasteiger partial charge in [-0.2, -0.15) is 0 Å². The molecule has 3 aromatic rings. The summed E-state index contributed by atoms with van der Waals surface area (Å²) in [6.45, 7) is 0.610. The fourth-order valence-corrected chi connectivity index (χ4v) is 3.66. The minimum Gasteiger partial charge on any atom is -0.361 e. The zero-order valence-electron chi connectivity index (χ0n) is 13.7. The second kappa shape index (κ2) is 6.69. The lowest BCUT2D eigenvalue weighted by Gasteiger charge is -2.14. The van der Waals surface area contributed by atoms with Gasteiger partial charge in [0, 0.05) is 30.1 Å². The number of amides is 1. The molecule has 1 aromatic heterocycles. The molecule has 4 nitrogen and oxygen atoms in total. The number of hydrogen-bond acceptors (Lipinski definition) is 2. The Bertz CT molecular complexity index is 919. The molecule has 0 bridgehead atoms. The SMILES string of the molecule is O=C1C(Cc2c[nH]c3ccccc23)NC(=S)N1CCc1ccccc1. The number of nitrogens with zero attached hydrogens (tertiary/aromatic N) is 1. The number of carbonyl (C=O) groups excluding carboxylic acids is 1. The second-order valence-corrected chi connectivity index (χ2v) is 6.68. The summed E-state index contributed by atoms with van der Waals surface area (Å²) in [6.07, 6.45) is 3.41. The van der Waals surface area contributed by atoms with E-state index in [0.717, 1.165) is 22.9 Å². The topological polar surface area (TPSA) is 48.1 Å². The maximum Gasteiger partial charge on any atom is 0.251 e. The van der Waals surface area contributed by atoms with E-state index in [1.54, 1.807) is 4.90 Å². The smallest absolute Gasteiger partial charge is 0.251 e. The third-order valence-electron chi connectivity index (χ3n) is 4.67. The van der Waals surface area contributed by atoms with Gasteiger partial charge in [0.05, 0.1) is 0 Å². The molecule has 126 valence electrons. The summed E-state index contributed by atoms with van der Waals surface area (Å²) in [5, 5.41) is 4.88. The summed E-state index contributed by atoms with van der Waals surface area (Å²) < 4.78 is 0. The standard InChI is InChI=1S/C20H19N3OS/c24-19-18(12-15-13-21-17-9-5-4-8-16(15)17)22-20(25)23(19)11-10-14-6-2-1-3-7-14/h1-9,13,18,21H,10-12H2,(H,22,25). The van der Waals surface area contributed by atoms with E-state index in [9.17, 15) is 4.79 Å². The lowest BCUT2D eigenvalue weighted by molar-refractivity contribution is -0.127. The van der Waals surface area contributed by atoms with Crippen LogP contribution in [0.5, 0.6) is 0 Å². The van der Waals surface area contributed by atoms with Crippen molar-refractivity contribution < 1.29 is 4.79 Å². The van der Waals surface area contributed by atoms with Crippen LogP contribution in [0.2, 0.25) is 0 Å². The summed E-state index contributed by atoms with van der Waals surface area (Å²) in [5.74, 6) is 0.0613. The first kappa shape index (κ1) is 15.8. The number of hydrogen-bond donors (Lipinski definition) is 2. The van der Waals surface area contributed by atoms with Crippen molar-refractivity contribution >= 4 is 34.1 Å². The van der Waals surface area contributed by atoms with E-state index in [-0.39, 0.29) is 11.9 Å². The number of aromatic amines is 1. The van der Waals surface area contributed by atoms with Crippen LogP contribution in [0.1, 0.15) is 11.1 Å². The van der Waals surface area contributed by atoms with Crippen molar-refractivity contribution in [2.45, 2.75) is 18.9 Å². The third kappa shape index (κ3) is 3.15. The van der Waals surface area contributed by atoms with Crippen LogP contribution < -0.4 is 5.32 Å². The van der Waals surface area contributed by atoms with Crippen LogP contribution in [0.25, 0.3) is 10.9 Å². The van der Waals surface area contributed by atoms with Crippen LogP contribution >= 0.6 is 12.2 Å². The van der Waals surface area contributed by atoms with Gasteiger partial charge in [0.15, 0.2) is 5.11 Å². The van der Waals surface area contributed by atoms with Crippen molar-refractivity contribution in [3.8, 4) is 0 Å². The molecule has 0 spiro atoms. The molecule has 1 fully saturated rings. The minimum atomic E-state index is -0.289. The van der Waals surface area contributed by atoms with E-state index in [0.29, 0.717) is 18.1 Å². The molecule has 25 heavy (non-hydrogen) atoms. The van der Waals surface area contributed by atoms with Crippen molar-refractivity contribution in [2.75, 3.05) is 6.54 Å². The Labute approximate surface area is 151 Å². The average Bonchev–Trinajstić information content (AvgIpc) is 3.16. The van der Waals surface area contributed by atoms with Gasteiger partial charge in [-0.05, 0) is 35.8 Å². The van der Waals surface area contributed by atoms with Gasteiger partial charge in [0.2, 0.25) is 0 Å². The Balaban J connectivity index is 1.45. The van der Waals surface area contributed by atoms with Crippen molar-refractivity contribution in [2.24, 2.45) is 0 Å². The Kier molecular flexibility index (Phi) is 4.24. The van der Waals surface area contributed by atoms with E-state index < -0.39 is 0 Å². The maximum atomic E-state index is 12.8. The zero-order chi connectivity index (χ0) is 17.2. The molecule has 1 saturated heterocycles. The number of carbonyl (C=O) groups is 1. The highest BCUT2D eigenvalue weighted by molar-refractivity contribution is 7.80. The van der Waals surface area contributed by atoms with E-state index in [2.05, 4.69) is 28.5 Å². The number of nitrogens with one attached hydrogen (secondary N) is 2. The first-order valence-electron chi connectivity index (χ1n) is 8.43. The van der Waals surface area contributed by atoms with Gasteiger partial charge >= 0.3 is 0 Å². The number of fused-ring (bicyclic) bond motifs is 1. The molecule has 1 aliphatic heterocycles. The fourth-order valence-electron chi connectivity index (χ4n) is 3.33. The van der Waals surface area contributed by atoms with Crippen LogP contribution in [0.15, 0.2) is 60.8 Å². The van der Waals surface area contributed by atoms with Gasteiger partial charge in [0.1, 0.15) is 6.04 Å². The number of benzene rings is 2. The second-order valence-electron chi connectivity index (χ2n) is 6.29. The fraction of sp³-hybridized carbons (Fsp3) is 0.200. The largest absolute Gasteiger partial charge is 0.361 e. The van der Waals surface area contributed by atoms with Crippen molar-refractivity contribution in [1.29, 1.82) is 0 Å². The van der Waals surface area contributed by atoms with E-state index in [4.69, 9.17) is 12.2 Å². The summed E-state index contributed by atoms with van der Waals surface area (Å²) in [4.78, 5) is 17.7. The molecule has 1 unspecified atom stereocenters. The molecule has 0 saturated carbocycles. The highest BCUT2D eigenvalue weighted by Crippen LogP contribution is 2.21. The molecule has 2 heterocycles. The lowest BCUT2D eigenvalue weighted by Crippen LogP contribution is -2.33. The molecule has 1 amide bonds. The monoisotopic (exact) mass is 349 g/mol. The van der Waals surface area contributed by atoms with Crippen LogP contribution in [0, 0.1) is 0 Å². The highest BCUT2D eigenvalue weighted by atomic mass is 32.1. The summed E-state index contributed by atoms with van der Waals surface area (Å²) in [6, 6.07) is 18.0. The van der Waals surface area contributed by atoms with Crippen molar-refractivity contribution in [3.05, 3.63) is 71.9 Å². The van der Waals surface area contributed by atoms with Crippen LogP contribution in [0.4, 0.5) is 0 Å². The number of rotatable bonds is 5. The van der Waals surface area contributed by atoms with Gasteiger partial charge in [-0.25, -0.2) is 0 Å². The van der Waals surface area contributed by atoms with Crippen molar-refractivity contribution in [3.63, 3.8) is 0 Å². The Morgan fingerprint density at radius 1 is 1.04 bits per heavy atom. The van der Waals surface area contributed by atoms with Gasteiger partial charge in [0.25, 0.3) is 5.91 Å². The first-order chi connectivity index (χ1) is 12.2. The Morgan fingerprint density at radius 2 is 1.80 bits per heavy atom. The van der Waals surface area contributed by atoms with Crippen LogP contribution in [-0.2, 0) is 17.6 Å². The average molecular weight is 349 g/mol. The summed E-state index contributed by atoms with van der Waals surface area (Å²) in [7, 11) is 0. The van der Waals surface area contributed by atoms with Crippen molar-refractivity contribution in [1.82, 2.24) is 15.2 Å². The summed E-state index contributed by atoms with van der Waals surface area (Å²) in [5.41, 5.74) is 3.43. The number of H-pyrrole nitrogens is 1. The molecule has 2 aromatic carbocycles. The van der Waals surface area contributed by atoms with Crippen LogP contribution in [0.3, 0.4) is 0 Å². The first-order valence-corrected chi connectivity index (χ1v) is 8.84.